The Labute approximate surface area is 69.9 Å². The number of nitrogens with one attached hydrogen (secondary N) is 1. The molecule has 0 aliphatic carbocycles. The van der Waals surface area contributed by atoms with Gasteiger partial charge in [-0.2, -0.15) is 0 Å². The van der Waals surface area contributed by atoms with E-state index in [0.29, 0.717) is 5.49 Å². The summed E-state index contributed by atoms with van der Waals surface area (Å²) in [5.41, 5.74) is 0.926. The Hall–Kier alpha value is -1.58. The predicted octanol–water partition coefficient (Wildman–Crippen LogP) is 0.198. The van der Waals surface area contributed by atoms with E-state index in [2.05, 4.69) is 16.6 Å². The van der Waals surface area contributed by atoms with Gasteiger partial charge in [0.25, 0.3) is 5.56 Å². The van der Waals surface area contributed by atoms with Gasteiger partial charge >= 0.3 is 0 Å². The molecule has 0 aliphatic rings. The van der Waals surface area contributed by atoms with E-state index < -0.39 is 0 Å². The van der Waals surface area contributed by atoms with E-state index >= 15 is 0 Å². The van der Waals surface area contributed by atoms with Crippen molar-refractivity contribution >= 4 is 5.70 Å². The lowest BCUT2D eigenvalue weighted by molar-refractivity contribution is 0.895. The van der Waals surface area contributed by atoms with Gasteiger partial charge in [0.1, 0.15) is 0 Å². The molecule has 64 valence electrons. The quantitative estimate of drug-likeness (QED) is 0.634. The summed E-state index contributed by atoms with van der Waals surface area (Å²) in [5, 5.41) is 0. The number of H-pyrrole nitrogens is 1. The summed E-state index contributed by atoms with van der Waals surface area (Å²) in [6.07, 6.45) is 3.28. The van der Waals surface area contributed by atoms with Crippen LogP contribution in [0.2, 0.25) is 0 Å². The molecule has 0 bridgehead atoms. The van der Waals surface area contributed by atoms with E-state index in [4.69, 9.17) is 0 Å². The fraction of sp³-hybridized carbons (Fsp3) is 0.250. The fourth-order valence-corrected chi connectivity index (χ4v) is 0.949. The Bertz CT molecular complexity index is 411. The second kappa shape index (κ2) is 3.21. The average molecular weight is 165 g/mol. The smallest absolute Gasteiger partial charge is 0.291 e. The van der Waals surface area contributed by atoms with Crippen LogP contribution in [0.25, 0.3) is 5.70 Å². The molecule has 4 nitrogen and oxygen atoms in total. The third-order valence-corrected chi connectivity index (χ3v) is 1.49. The van der Waals surface area contributed by atoms with Crippen molar-refractivity contribution in [2.24, 2.45) is 4.99 Å². The second-order valence-electron chi connectivity index (χ2n) is 2.44. The highest BCUT2D eigenvalue weighted by Gasteiger charge is 1.95. The topological polar surface area (TPSA) is 50.1 Å². The van der Waals surface area contributed by atoms with E-state index in [1.165, 1.54) is 0 Å². The molecule has 0 radical (unpaired) electrons. The van der Waals surface area contributed by atoms with Crippen molar-refractivity contribution < 1.29 is 0 Å². The minimum Gasteiger partial charge on any atom is -0.324 e. The van der Waals surface area contributed by atoms with E-state index in [0.717, 1.165) is 5.70 Å². The number of hydrogen-bond acceptors (Lipinski definition) is 2. The summed E-state index contributed by atoms with van der Waals surface area (Å²) in [7, 11) is 1.57. The lowest BCUT2D eigenvalue weighted by Crippen LogP contribution is -2.35. The summed E-state index contributed by atoms with van der Waals surface area (Å²) in [6, 6.07) is 0. The number of rotatable bonds is 1. The Morgan fingerprint density at radius 3 is 2.83 bits per heavy atom. The van der Waals surface area contributed by atoms with Gasteiger partial charge in [0.15, 0.2) is 5.49 Å². The molecule has 1 rings (SSSR count). The first-order valence-corrected chi connectivity index (χ1v) is 3.56. The zero-order valence-electron chi connectivity index (χ0n) is 7.16. The zero-order chi connectivity index (χ0) is 9.14. The van der Waals surface area contributed by atoms with Crippen molar-refractivity contribution in [3.05, 3.63) is 34.8 Å². The van der Waals surface area contributed by atoms with Crippen molar-refractivity contribution in [2.75, 3.05) is 7.05 Å². The van der Waals surface area contributed by atoms with Gasteiger partial charge in [0.05, 0.1) is 0 Å². The molecule has 0 fully saturated rings. The molecular formula is C8H11N3O. The molecule has 1 heterocycles. The van der Waals surface area contributed by atoms with Crippen LogP contribution in [0.15, 0.2) is 28.8 Å². The third-order valence-electron chi connectivity index (χ3n) is 1.49. The molecule has 4 heteroatoms. The summed E-state index contributed by atoms with van der Waals surface area (Å²) >= 11 is 0. The van der Waals surface area contributed by atoms with Gasteiger partial charge in [-0.3, -0.25) is 9.79 Å². The molecule has 1 aromatic heterocycles. The van der Waals surface area contributed by atoms with Gasteiger partial charge in [-0.15, -0.1) is 0 Å². The van der Waals surface area contributed by atoms with Gasteiger partial charge in [-0.1, -0.05) is 6.58 Å². The number of hydrogen-bond donors (Lipinski definition) is 1. The van der Waals surface area contributed by atoms with E-state index in [1.54, 1.807) is 24.0 Å². The van der Waals surface area contributed by atoms with Gasteiger partial charge in [0.2, 0.25) is 0 Å². The van der Waals surface area contributed by atoms with E-state index in [9.17, 15) is 4.79 Å². The van der Waals surface area contributed by atoms with Crippen LogP contribution in [0.5, 0.6) is 0 Å². The first-order valence-electron chi connectivity index (χ1n) is 3.56. The van der Waals surface area contributed by atoms with Crippen LogP contribution in [-0.4, -0.2) is 16.6 Å². The van der Waals surface area contributed by atoms with E-state index in [1.807, 2.05) is 6.92 Å². The van der Waals surface area contributed by atoms with Crippen molar-refractivity contribution in [3.8, 4) is 0 Å². The molecule has 0 spiro atoms. The highest BCUT2D eigenvalue weighted by Crippen LogP contribution is 1.90. The lowest BCUT2D eigenvalue weighted by atomic mass is 10.5. The van der Waals surface area contributed by atoms with Crippen LogP contribution in [-0.2, 0) is 0 Å². The highest BCUT2D eigenvalue weighted by atomic mass is 16.1. The maximum absolute atomic E-state index is 11.2. The highest BCUT2D eigenvalue weighted by molar-refractivity contribution is 5.36. The molecule has 12 heavy (non-hydrogen) atoms. The maximum atomic E-state index is 11.2. The van der Waals surface area contributed by atoms with Gasteiger partial charge in [-0.25, -0.2) is 0 Å². The third kappa shape index (κ3) is 1.37. The molecule has 0 unspecified atom stereocenters. The first-order chi connectivity index (χ1) is 5.66. The van der Waals surface area contributed by atoms with Crippen molar-refractivity contribution in [2.45, 2.75) is 6.92 Å². The molecule has 0 atom stereocenters. The molecule has 0 amide bonds. The van der Waals surface area contributed by atoms with Crippen molar-refractivity contribution in [3.63, 3.8) is 0 Å². The summed E-state index contributed by atoms with van der Waals surface area (Å²) in [4.78, 5) is 17.5. The van der Waals surface area contributed by atoms with E-state index in [-0.39, 0.29) is 5.56 Å². The van der Waals surface area contributed by atoms with Crippen molar-refractivity contribution in [1.29, 1.82) is 0 Å². The molecule has 1 aromatic rings. The zero-order valence-corrected chi connectivity index (χ0v) is 7.16. The van der Waals surface area contributed by atoms with Crippen molar-refractivity contribution in [1.82, 2.24) is 9.55 Å². The number of allylic oxidation sites excluding steroid dienone is 1. The molecular weight excluding hydrogens is 154 g/mol. The second-order valence-corrected chi connectivity index (χ2v) is 2.44. The Morgan fingerprint density at radius 2 is 2.42 bits per heavy atom. The van der Waals surface area contributed by atoms with Crippen LogP contribution >= 0.6 is 0 Å². The normalized spacial score (nSPS) is 11.7. The number of nitrogens with zero attached hydrogens (tertiary/aromatic N) is 2. The van der Waals surface area contributed by atoms with Crippen LogP contribution in [0.3, 0.4) is 0 Å². The summed E-state index contributed by atoms with van der Waals surface area (Å²) in [5.74, 6) is 0. The van der Waals surface area contributed by atoms with Crippen LogP contribution < -0.4 is 11.0 Å². The fourth-order valence-electron chi connectivity index (χ4n) is 0.949. The Kier molecular flexibility index (Phi) is 2.28. The van der Waals surface area contributed by atoms with Gasteiger partial charge in [-0.05, 0) is 6.92 Å². The average Bonchev–Trinajstić information content (AvgIpc) is 2.03. The van der Waals surface area contributed by atoms with Crippen LogP contribution in [0, 0.1) is 0 Å². The summed E-state index contributed by atoms with van der Waals surface area (Å²) in [6.45, 7) is 5.54. The monoisotopic (exact) mass is 165 g/mol. The standard InChI is InChI=1S/C8H11N3O/c1-6(2)11-5-4-10-8(12)7(11)9-3/h4-5H,1H2,2-3H3,(H,10,12). The maximum Gasteiger partial charge on any atom is 0.291 e. The molecule has 0 saturated carbocycles. The number of aromatic amines is 1. The van der Waals surface area contributed by atoms with Crippen LogP contribution in [0.1, 0.15) is 6.92 Å². The molecule has 0 aromatic carbocycles. The minimum atomic E-state index is -0.206. The SMILES string of the molecule is C=C(C)n1cc[nH]c(=O)c1=NC. The minimum absolute atomic E-state index is 0.206. The van der Waals surface area contributed by atoms with Gasteiger partial charge < -0.3 is 9.55 Å². The first kappa shape index (κ1) is 8.52. The largest absolute Gasteiger partial charge is 0.324 e. The Morgan fingerprint density at radius 1 is 1.75 bits per heavy atom. The summed E-state index contributed by atoms with van der Waals surface area (Å²) < 4.78 is 1.64. The van der Waals surface area contributed by atoms with Crippen LogP contribution in [0.4, 0.5) is 0 Å². The number of aromatic nitrogens is 2. The molecule has 1 N–H and O–H groups in total. The lowest BCUT2D eigenvalue weighted by Gasteiger charge is -2.03. The molecule has 0 aliphatic heterocycles. The van der Waals surface area contributed by atoms with Gasteiger partial charge in [0, 0.05) is 25.1 Å². The Balaban J connectivity index is 3.61. The predicted molar refractivity (Wildman–Crippen MR) is 47.5 cm³/mol. The molecule has 0 saturated heterocycles.